The quantitative estimate of drug-likeness (QED) is 0.886. The number of rotatable bonds is 2. The Morgan fingerprint density at radius 1 is 1.20 bits per heavy atom. The first-order chi connectivity index (χ1) is 9.35. The highest BCUT2D eigenvalue weighted by Gasteiger charge is 2.18. The zero-order valence-corrected chi connectivity index (χ0v) is 12.8. The minimum Gasteiger partial charge on any atom is -0.368 e. The summed E-state index contributed by atoms with van der Waals surface area (Å²) in [5.41, 5.74) is 1.32. The Bertz CT molecular complexity index is 456. The number of amides is 1. The van der Waals surface area contributed by atoms with Crippen LogP contribution in [-0.2, 0) is 0 Å². The fourth-order valence-electron chi connectivity index (χ4n) is 2.18. The molecule has 110 valence electrons. The largest absolute Gasteiger partial charge is 0.368 e. The van der Waals surface area contributed by atoms with Gasteiger partial charge in [-0.15, -0.1) is 0 Å². The van der Waals surface area contributed by atoms with Crippen LogP contribution in [0.15, 0.2) is 18.3 Å². The SMILES string of the molecule is CN1CCN(c2ccc(C(=O)NC(C)(C)C)nc2)CC1. The molecule has 1 aromatic heterocycles. The van der Waals surface area contributed by atoms with E-state index in [-0.39, 0.29) is 11.4 Å². The lowest BCUT2D eigenvalue weighted by atomic mass is 10.1. The lowest BCUT2D eigenvalue weighted by Crippen LogP contribution is -2.44. The van der Waals surface area contributed by atoms with Crippen LogP contribution >= 0.6 is 0 Å². The molecule has 1 saturated heterocycles. The molecule has 1 N–H and O–H groups in total. The number of aromatic nitrogens is 1. The van der Waals surface area contributed by atoms with Crippen molar-refractivity contribution in [2.45, 2.75) is 26.3 Å². The van der Waals surface area contributed by atoms with Crippen molar-refractivity contribution in [2.75, 3.05) is 38.1 Å². The van der Waals surface area contributed by atoms with Crippen molar-refractivity contribution in [3.8, 4) is 0 Å². The number of nitrogens with zero attached hydrogens (tertiary/aromatic N) is 3. The lowest BCUT2D eigenvalue weighted by Gasteiger charge is -2.33. The minimum absolute atomic E-state index is 0.123. The number of carbonyl (C=O) groups is 1. The predicted molar refractivity (Wildman–Crippen MR) is 81.2 cm³/mol. The van der Waals surface area contributed by atoms with Gasteiger partial charge < -0.3 is 15.1 Å². The summed E-state index contributed by atoms with van der Waals surface area (Å²) in [5, 5.41) is 2.92. The Balaban J connectivity index is 2.01. The zero-order valence-electron chi connectivity index (χ0n) is 12.8. The molecule has 20 heavy (non-hydrogen) atoms. The smallest absolute Gasteiger partial charge is 0.270 e. The average Bonchev–Trinajstić information content (AvgIpc) is 2.38. The van der Waals surface area contributed by atoms with E-state index < -0.39 is 0 Å². The molecule has 0 saturated carbocycles. The van der Waals surface area contributed by atoms with Gasteiger partial charge in [0.05, 0.1) is 11.9 Å². The van der Waals surface area contributed by atoms with E-state index in [0.29, 0.717) is 5.69 Å². The average molecular weight is 276 g/mol. The summed E-state index contributed by atoms with van der Waals surface area (Å²) in [6.07, 6.45) is 1.79. The van der Waals surface area contributed by atoms with Crippen molar-refractivity contribution in [2.24, 2.45) is 0 Å². The Morgan fingerprint density at radius 2 is 1.85 bits per heavy atom. The molecule has 0 bridgehead atoms. The van der Waals surface area contributed by atoms with E-state index in [9.17, 15) is 4.79 Å². The Kier molecular flexibility index (Phi) is 4.28. The third-order valence-electron chi connectivity index (χ3n) is 3.34. The van der Waals surface area contributed by atoms with E-state index in [2.05, 4.69) is 27.1 Å². The second kappa shape index (κ2) is 5.79. The highest BCUT2D eigenvalue weighted by atomic mass is 16.2. The number of hydrogen-bond donors (Lipinski definition) is 1. The molecule has 2 rings (SSSR count). The molecule has 1 aliphatic rings. The zero-order chi connectivity index (χ0) is 14.8. The van der Waals surface area contributed by atoms with Gasteiger partial charge in [0.1, 0.15) is 5.69 Å². The molecule has 2 heterocycles. The fourth-order valence-corrected chi connectivity index (χ4v) is 2.18. The molecular formula is C15H24N4O. The number of pyridine rings is 1. The second-order valence-electron chi connectivity index (χ2n) is 6.40. The van der Waals surface area contributed by atoms with Gasteiger partial charge in [-0.25, -0.2) is 4.98 Å². The third kappa shape index (κ3) is 3.93. The lowest BCUT2D eigenvalue weighted by molar-refractivity contribution is 0.0914. The summed E-state index contributed by atoms with van der Waals surface area (Å²) in [6.45, 7) is 10.0. The number of nitrogens with one attached hydrogen (secondary N) is 1. The topological polar surface area (TPSA) is 48.5 Å². The molecule has 1 aromatic rings. The maximum atomic E-state index is 12.0. The van der Waals surface area contributed by atoms with E-state index in [1.807, 2.05) is 26.8 Å². The summed E-state index contributed by atoms with van der Waals surface area (Å²) in [5.74, 6) is -0.123. The minimum atomic E-state index is -0.241. The fraction of sp³-hybridized carbons (Fsp3) is 0.600. The van der Waals surface area contributed by atoms with Crippen LogP contribution in [0.3, 0.4) is 0 Å². The van der Waals surface area contributed by atoms with Crippen LogP contribution in [0.2, 0.25) is 0 Å². The standard InChI is InChI=1S/C15H24N4O/c1-15(2,3)17-14(20)13-6-5-12(11-16-13)19-9-7-18(4)8-10-19/h5-6,11H,7-10H2,1-4H3,(H,17,20). The molecule has 0 radical (unpaired) electrons. The molecule has 0 aliphatic carbocycles. The van der Waals surface area contributed by atoms with Crippen molar-refractivity contribution in [1.82, 2.24) is 15.2 Å². The summed E-state index contributed by atoms with van der Waals surface area (Å²) < 4.78 is 0. The van der Waals surface area contributed by atoms with Gasteiger partial charge in [-0.05, 0) is 40.0 Å². The number of anilines is 1. The molecule has 0 unspecified atom stereocenters. The molecule has 5 nitrogen and oxygen atoms in total. The van der Waals surface area contributed by atoms with Crippen LogP contribution in [0.4, 0.5) is 5.69 Å². The van der Waals surface area contributed by atoms with Gasteiger partial charge in [-0.2, -0.15) is 0 Å². The van der Waals surface area contributed by atoms with Crippen LogP contribution in [0.5, 0.6) is 0 Å². The Morgan fingerprint density at radius 3 is 2.35 bits per heavy atom. The van der Waals surface area contributed by atoms with Crippen LogP contribution in [0.25, 0.3) is 0 Å². The Hall–Kier alpha value is -1.62. The van der Waals surface area contributed by atoms with E-state index in [0.717, 1.165) is 31.9 Å². The number of hydrogen-bond acceptors (Lipinski definition) is 4. The first kappa shape index (κ1) is 14.8. The molecule has 5 heteroatoms. The summed E-state index contributed by atoms with van der Waals surface area (Å²) >= 11 is 0. The van der Waals surface area contributed by atoms with Gasteiger partial charge in [0, 0.05) is 31.7 Å². The monoisotopic (exact) mass is 276 g/mol. The highest BCUT2D eigenvalue weighted by molar-refractivity contribution is 5.92. The van der Waals surface area contributed by atoms with E-state index in [1.165, 1.54) is 0 Å². The number of likely N-dealkylation sites (N-methyl/N-ethyl adjacent to an activating group) is 1. The van der Waals surface area contributed by atoms with E-state index >= 15 is 0 Å². The summed E-state index contributed by atoms with van der Waals surface area (Å²) in [4.78, 5) is 20.9. The van der Waals surface area contributed by atoms with Crippen molar-refractivity contribution < 1.29 is 4.79 Å². The van der Waals surface area contributed by atoms with Crippen molar-refractivity contribution in [1.29, 1.82) is 0 Å². The second-order valence-corrected chi connectivity index (χ2v) is 6.40. The molecule has 1 amide bonds. The van der Waals surface area contributed by atoms with Crippen LogP contribution < -0.4 is 10.2 Å². The summed E-state index contributed by atoms with van der Waals surface area (Å²) in [6, 6.07) is 3.78. The van der Waals surface area contributed by atoms with Gasteiger partial charge in [-0.1, -0.05) is 0 Å². The van der Waals surface area contributed by atoms with E-state index in [4.69, 9.17) is 0 Å². The molecule has 0 spiro atoms. The Labute approximate surface area is 121 Å². The van der Waals surface area contributed by atoms with E-state index in [1.54, 1.807) is 12.3 Å². The van der Waals surface area contributed by atoms with Crippen LogP contribution in [-0.4, -0.2) is 54.6 Å². The molecule has 0 aromatic carbocycles. The van der Waals surface area contributed by atoms with Gasteiger partial charge >= 0.3 is 0 Å². The summed E-state index contributed by atoms with van der Waals surface area (Å²) in [7, 11) is 2.13. The van der Waals surface area contributed by atoms with Gasteiger partial charge in [0.15, 0.2) is 0 Å². The normalized spacial score (nSPS) is 17.1. The number of piperazine rings is 1. The van der Waals surface area contributed by atoms with Crippen molar-refractivity contribution in [3.63, 3.8) is 0 Å². The molecule has 0 atom stereocenters. The molecule has 1 aliphatic heterocycles. The molecular weight excluding hydrogens is 252 g/mol. The highest BCUT2D eigenvalue weighted by Crippen LogP contribution is 2.15. The van der Waals surface area contributed by atoms with Gasteiger partial charge in [0.25, 0.3) is 5.91 Å². The first-order valence-electron chi connectivity index (χ1n) is 7.07. The van der Waals surface area contributed by atoms with Crippen molar-refractivity contribution in [3.05, 3.63) is 24.0 Å². The molecule has 1 fully saturated rings. The van der Waals surface area contributed by atoms with Gasteiger partial charge in [-0.3, -0.25) is 4.79 Å². The maximum Gasteiger partial charge on any atom is 0.270 e. The van der Waals surface area contributed by atoms with Crippen LogP contribution in [0.1, 0.15) is 31.3 Å². The van der Waals surface area contributed by atoms with Gasteiger partial charge in [0.2, 0.25) is 0 Å². The predicted octanol–water partition coefficient (Wildman–Crippen LogP) is 1.36. The van der Waals surface area contributed by atoms with Crippen molar-refractivity contribution >= 4 is 11.6 Å². The van der Waals surface area contributed by atoms with Crippen LogP contribution in [0, 0.1) is 0 Å². The maximum absolute atomic E-state index is 12.0. The number of carbonyl (C=O) groups excluding carboxylic acids is 1. The first-order valence-corrected chi connectivity index (χ1v) is 7.07. The third-order valence-corrected chi connectivity index (χ3v) is 3.34.